The Kier molecular flexibility index (Phi) is 9.47. The summed E-state index contributed by atoms with van der Waals surface area (Å²) in [6, 6.07) is -2.15. The summed E-state index contributed by atoms with van der Waals surface area (Å²) >= 11 is 0. The van der Waals surface area contributed by atoms with Gasteiger partial charge in [-0.15, -0.1) is 0 Å². The first-order valence-corrected chi connectivity index (χ1v) is 16.2. The number of hydrogen-bond acceptors (Lipinski definition) is 14. The number of nitrogens with one attached hydrogen (secondary N) is 2. The van der Waals surface area contributed by atoms with Gasteiger partial charge in [0.25, 0.3) is 0 Å². The van der Waals surface area contributed by atoms with Crippen LogP contribution in [0.2, 0.25) is 0 Å². The average Bonchev–Trinajstić information content (AvgIpc) is 3.43. The highest BCUT2D eigenvalue weighted by Crippen LogP contribution is 2.44. The van der Waals surface area contributed by atoms with Crippen molar-refractivity contribution in [2.24, 2.45) is 0 Å². The normalized spacial score (nSPS) is 27.4. The maximum Gasteiger partial charge on any atom is 0.342 e. The maximum atomic E-state index is 14.1. The number of nitrogen functional groups attached to an aromatic ring is 1. The number of methoxy groups -OCH3 is 1. The lowest BCUT2D eigenvalue weighted by atomic mass is 9.96. The average molecular weight is 642 g/mol. The highest BCUT2D eigenvalue weighted by atomic mass is 31.2. The number of anilines is 1. The van der Waals surface area contributed by atoms with Gasteiger partial charge in [-0.3, -0.25) is 18.7 Å². The Morgan fingerprint density at radius 1 is 1.14 bits per heavy atom. The van der Waals surface area contributed by atoms with Crippen LogP contribution >= 0.6 is 7.67 Å². The van der Waals surface area contributed by atoms with E-state index >= 15 is 0 Å². The van der Waals surface area contributed by atoms with Gasteiger partial charge in [0.15, 0.2) is 17.4 Å². The summed E-state index contributed by atoms with van der Waals surface area (Å²) in [7, 11) is -2.82. The van der Waals surface area contributed by atoms with Gasteiger partial charge in [-0.05, 0) is 59.3 Å². The molecule has 3 heterocycles. The van der Waals surface area contributed by atoms with E-state index in [-0.39, 0.29) is 35.2 Å². The smallest absolute Gasteiger partial charge is 0.342 e. The molecule has 2 aromatic rings. The summed E-state index contributed by atoms with van der Waals surface area (Å²) in [4.78, 5) is 37.7. The number of aliphatic hydroxyl groups excluding tert-OH is 1. The first-order chi connectivity index (χ1) is 20.8. The molecule has 3 fully saturated rings. The number of rotatable bonds is 13. The van der Waals surface area contributed by atoms with E-state index in [4.69, 9.17) is 29.2 Å². The quantitative estimate of drug-likeness (QED) is 0.150. The number of aromatic nitrogens is 4. The molecule has 44 heavy (non-hydrogen) atoms. The lowest BCUT2D eigenvalue weighted by Crippen LogP contribution is -2.46. The van der Waals surface area contributed by atoms with Crippen molar-refractivity contribution in [2.45, 2.75) is 108 Å². The molecule has 0 radical (unpaired) electrons. The minimum Gasteiger partial charge on any atom is -0.479 e. The zero-order valence-electron chi connectivity index (χ0n) is 25.0. The molecule has 0 spiro atoms. The third-order valence-corrected chi connectivity index (χ3v) is 10.1. The van der Waals surface area contributed by atoms with E-state index in [1.807, 2.05) is 0 Å². The van der Waals surface area contributed by atoms with Crippen LogP contribution in [0.1, 0.15) is 65.5 Å². The zero-order chi connectivity index (χ0) is 31.8. The molecule has 17 nitrogen and oxygen atoms in total. The molecule has 2 saturated carbocycles. The largest absolute Gasteiger partial charge is 0.479 e. The summed E-state index contributed by atoms with van der Waals surface area (Å²) in [5, 5.41) is 27.6. The molecule has 0 amide bonds. The Morgan fingerprint density at radius 2 is 1.70 bits per heavy atom. The van der Waals surface area contributed by atoms with Crippen molar-refractivity contribution >= 4 is 36.7 Å². The van der Waals surface area contributed by atoms with Crippen molar-refractivity contribution < 1.29 is 47.8 Å². The standard InChI is InChI=1S/C26H40N7O10P/c1-13(22(35)41-15-7-5-8-15)31-44(38,32-14(2)23(36)42-16-9-6-10-16)40-11-17-19(34)26(3,37)24(43-17)33-12-28-18-20(33)29-25(27)30-21(18)39-4/h12-17,19,24,34,37H,5-11H2,1-4H3,(H2,27,29,30)(H2,31,32,38)/t13-,14-,17+,19+,24+,26+/m0/s1. The molecule has 0 aromatic carbocycles. The second-order valence-electron chi connectivity index (χ2n) is 11.6. The fraction of sp³-hybridized carbons (Fsp3) is 0.731. The fourth-order valence-electron chi connectivity index (χ4n) is 5.01. The molecule has 2 aromatic heterocycles. The molecule has 18 heteroatoms. The van der Waals surface area contributed by atoms with E-state index in [0.717, 1.165) is 38.5 Å². The van der Waals surface area contributed by atoms with Crippen LogP contribution in [0, 0.1) is 0 Å². The predicted octanol–water partition coefficient (Wildman–Crippen LogP) is 0.699. The second kappa shape index (κ2) is 12.8. The van der Waals surface area contributed by atoms with Crippen molar-refractivity contribution in [3.8, 4) is 5.88 Å². The number of esters is 2. The van der Waals surface area contributed by atoms with Crippen LogP contribution in [-0.2, 0) is 32.9 Å². The predicted molar refractivity (Wildman–Crippen MR) is 153 cm³/mol. The molecule has 1 saturated heterocycles. The lowest BCUT2D eigenvalue weighted by Gasteiger charge is -2.31. The Balaban J connectivity index is 1.32. The Bertz CT molecular complexity index is 1370. The maximum absolute atomic E-state index is 14.1. The van der Waals surface area contributed by atoms with Gasteiger partial charge in [-0.2, -0.15) is 9.97 Å². The molecule has 244 valence electrons. The number of nitrogens with two attached hydrogens (primary N) is 1. The summed E-state index contributed by atoms with van der Waals surface area (Å²) in [6.07, 6.45) is 1.88. The minimum atomic E-state index is -4.21. The first-order valence-electron chi connectivity index (χ1n) is 14.6. The van der Waals surface area contributed by atoms with Gasteiger partial charge in [0.05, 0.1) is 20.0 Å². The summed E-state index contributed by atoms with van der Waals surface area (Å²) < 4.78 is 43.3. The van der Waals surface area contributed by atoms with Crippen LogP contribution in [0.4, 0.5) is 5.95 Å². The number of imidazole rings is 1. The van der Waals surface area contributed by atoms with E-state index in [1.54, 1.807) is 0 Å². The summed E-state index contributed by atoms with van der Waals surface area (Å²) in [5.74, 6) is -1.26. The first kappa shape index (κ1) is 32.5. The molecule has 0 bridgehead atoms. The van der Waals surface area contributed by atoms with Gasteiger partial charge in [-0.1, -0.05) is 0 Å². The Hall–Kier alpha value is -2.92. The Morgan fingerprint density at radius 3 is 2.20 bits per heavy atom. The number of carbonyl (C=O) groups excluding carboxylic acids is 2. The SMILES string of the molecule is COc1nc(N)nc2c1ncn2[C@@H]1O[C@H](COP(=O)(N[C@@H](C)C(=O)OC2CCC2)N[C@@H](C)C(=O)OC2CCC2)[C@@H](O)[C@@]1(C)O. The fourth-order valence-corrected chi connectivity index (χ4v) is 6.82. The van der Waals surface area contributed by atoms with E-state index < -0.39 is 62.3 Å². The van der Waals surface area contributed by atoms with Gasteiger partial charge >= 0.3 is 19.6 Å². The number of aliphatic hydroxyl groups is 2. The number of carbonyl (C=O) groups is 2. The second-order valence-corrected chi connectivity index (χ2v) is 13.5. The number of fused-ring (bicyclic) bond motifs is 1. The van der Waals surface area contributed by atoms with Crippen molar-refractivity contribution in [2.75, 3.05) is 19.5 Å². The number of ether oxygens (including phenoxy) is 4. The summed E-state index contributed by atoms with van der Waals surface area (Å²) in [5.41, 5.74) is 4.34. The Labute approximate surface area is 253 Å². The van der Waals surface area contributed by atoms with Crippen LogP contribution in [0.5, 0.6) is 5.88 Å². The van der Waals surface area contributed by atoms with E-state index in [9.17, 15) is 24.4 Å². The molecule has 6 N–H and O–H groups in total. The molecular weight excluding hydrogens is 601 g/mol. The molecule has 1 aliphatic heterocycles. The van der Waals surface area contributed by atoms with Crippen LogP contribution < -0.4 is 20.6 Å². The highest BCUT2D eigenvalue weighted by Gasteiger charge is 2.54. The number of nitrogens with zero attached hydrogens (tertiary/aromatic N) is 4. The van der Waals surface area contributed by atoms with E-state index in [1.165, 1.54) is 38.8 Å². The van der Waals surface area contributed by atoms with Gasteiger partial charge in [-0.25, -0.2) is 15.2 Å². The van der Waals surface area contributed by atoms with Gasteiger partial charge in [0.1, 0.15) is 42.1 Å². The van der Waals surface area contributed by atoms with E-state index in [2.05, 4.69) is 25.1 Å². The van der Waals surface area contributed by atoms with Crippen molar-refractivity contribution in [3.05, 3.63) is 6.33 Å². The monoisotopic (exact) mass is 641 g/mol. The molecule has 6 atom stereocenters. The van der Waals surface area contributed by atoms with Gasteiger partial charge in [0.2, 0.25) is 11.8 Å². The topological polar surface area (TPSA) is 231 Å². The van der Waals surface area contributed by atoms with Crippen molar-refractivity contribution in [1.29, 1.82) is 0 Å². The third kappa shape index (κ3) is 6.68. The minimum absolute atomic E-state index is 0.109. The van der Waals surface area contributed by atoms with Crippen LogP contribution in [0.15, 0.2) is 6.33 Å². The summed E-state index contributed by atoms with van der Waals surface area (Å²) in [6.45, 7) is 3.75. The van der Waals surface area contributed by atoms with Gasteiger partial charge < -0.3 is 39.4 Å². The molecule has 3 aliphatic rings. The van der Waals surface area contributed by atoms with Crippen LogP contribution in [0.3, 0.4) is 0 Å². The zero-order valence-corrected chi connectivity index (χ0v) is 25.9. The van der Waals surface area contributed by atoms with E-state index in [0.29, 0.717) is 0 Å². The molecule has 5 rings (SSSR count). The third-order valence-electron chi connectivity index (χ3n) is 8.13. The lowest BCUT2D eigenvalue weighted by molar-refractivity contribution is -0.155. The highest BCUT2D eigenvalue weighted by molar-refractivity contribution is 7.54. The molecule has 2 aliphatic carbocycles. The van der Waals surface area contributed by atoms with Crippen LogP contribution in [-0.4, -0.2) is 97.5 Å². The van der Waals surface area contributed by atoms with Crippen molar-refractivity contribution in [1.82, 2.24) is 29.7 Å². The molecule has 0 unspecified atom stereocenters. The van der Waals surface area contributed by atoms with Gasteiger partial charge in [0, 0.05) is 0 Å². The molecular formula is C26H40N7O10P. The number of hydrogen-bond donors (Lipinski definition) is 5. The van der Waals surface area contributed by atoms with Crippen LogP contribution in [0.25, 0.3) is 11.2 Å². The van der Waals surface area contributed by atoms with Crippen molar-refractivity contribution in [3.63, 3.8) is 0 Å².